The summed E-state index contributed by atoms with van der Waals surface area (Å²) < 4.78 is 1.31. The molecule has 0 unspecified atom stereocenters. The molecule has 1 heteroatoms. The first-order chi connectivity index (χ1) is 1.73. The minimum absolute atomic E-state index is 1.15. The van der Waals surface area contributed by atoms with Gasteiger partial charge in [0.1, 0.15) is 0 Å². The van der Waals surface area contributed by atoms with E-state index in [9.17, 15) is 0 Å². The number of allylic oxidation sites excluding steroid dienone is 1. The maximum atomic E-state index is 3.62. The second-order valence-corrected chi connectivity index (χ2v) is 2.91. The van der Waals surface area contributed by atoms with E-state index in [0.29, 0.717) is 0 Å². The van der Waals surface area contributed by atoms with E-state index in [-0.39, 0.29) is 0 Å². The molecule has 4 heavy (non-hydrogen) atoms. The molecule has 0 radical (unpaired) electrons. The maximum absolute atomic E-state index is 3.62. The summed E-state index contributed by atoms with van der Waals surface area (Å²) in [4.78, 5) is 0. The Hall–Kier alpha value is 0.272. The molecule has 0 saturated heterocycles. The van der Waals surface area contributed by atoms with E-state index in [1.54, 1.807) is 0 Å². The number of hydrogen-bond acceptors (Lipinski definition) is 0. The van der Waals surface area contributed by atoms with E-state index in [1.165, 1.54) is 4.44 Å². The predicted molar refractivity (Wildman–Crippen MR) is 23.4 cm³/mol. The second-order valence-electron chi connectivity index (χ2n) is 1.21. The van der Waals surface area contributed by atoms with Crippen molar-refractivity contribution >= 4 is 16.3 Å². The molecule has 0 aromatic carbocycles. The van der Waals surface area contributed by atoms with Crippen LogP contribution in [0.1, 0.15) is 6.92 Å². The average molecular weight is 70.1 g/mol. The van der Waals surface area contributed by atoms with Crippen molar-refractivity contribution in [3.05, 3.63) is 11.0 Å². The Morgan fingerprint density at radius 1 is 2.00 bits per heavy atom. The molecule has 0 N–H and O–H groups in total. The van der Waals surface area contributed by atoms with Gasteiger partial charge in [-0.2, -0.15) is 4.44 Å². The summed E-state index contributed by atoms with van der Waals surface area (Å²) >= 11 is 1.15. The van der Waals surface area contributed by atoms with Gasteiger partial charge in [-0.05, 0) is 0 Å². The molecule has 0 nitrogen and oxygen atoms in total. The van der Waals surface area contributed by atoms with Crippen molar-refractivity contribution < 1.29 is 0 Å². The normalized spacial score (nSPS) is 6.25. The lowest BCUT2D eigenvalue weighted by molar-refractivity contribution is 1.72. The summed E-state index contributed by atoms with van der Waals surface area (Å²) in [6, 6.07) is 0. The van der Waals surface area contributed by atoms with Crippen LogP contribution in [-0.2, 0) is 0 Å². The first-order valence-corrected chi connectivity index (χ1v) is 2.35. The minimum Gasteiger partial charge on any atom is -0.150 e. The molecule has 0 aliphatic carbocycles. The highest BCUT2D eigenvalue weighted by Gasteiger charge is 1.55. The van der Waals surface area contributed by atoms with Crippen molar-refractivity contribution in [1.82, 2.24) is 0 Å². The van der Waals surface area contributed by atoms with Crippen molar-refractivity contribution in [1.29, 1.82) is 0 Å². The van der Waals surface area contributed by atoms with Crippen LogP contribution in [0.15, 0.2) is 11.0 Å². The smallest absolute Gasteiger partial charge is 0.150 e. The molecule has 0 rings (SSSR count). The Morgan fingerprint density at radius 3 is 2.00 bits per heavy atom. The zero-order valence-corrected chi connectivity index (χ0v) is 5.21. The van der Waals surface area contributed by atoms with Crippen molar-refractivity contribution in [3.63, 3.8) is 0 Å². The van der Waals surface area contributed by atoms with E-state index in [0.717, 1.165) is 16.3 Å². The summed E-state index contributed by atoms with van der Waals surface area (Å²) in [5.74, 6) is 0. The quantitative estimate of drug-likeness (QED) is 0.356. The van der Waals surface area contributed by atoms with Gasteiger partial charge in [-0.1, -0.05) is 6.92 Å². The van der Waals surface area contributed by atoms with Crippen LogP contribution in [0.2, 0.25) is 0 Å². The van der Waals surface area contributed by atoms with Gasteiger partial charge in [0, 0.05) is 0 Å². The van der Waals surface area contributed by atoms with Crippen LogP contribution >= 0.6 is 0 Å². The first-order valence-electron chi connectivity index (χ1n) is 1.35. The predicted octanol–water partition coefficient (Wildman–Crippen LogP) is 0.153. The molecule has 22 valence electrons. The van der Waals surface area contributed by atoms with E-state index in [1.807, 2.05) is 6.92 Å². The Morgan fingerprint density at radius 2 is 2.00 bits per heavy atom. The van der Waals surface area contributed by atoms with Crippen molar-refractivity contribution in [2.75, 3.05) is 0 Å². The fourth-order valence-corrected chi connectivity index (χ4v) is 0. The highest BCUT2D eigenvalue weighted by Crippen LogP contribution is 1.65. The lowest BCUT2D eigenvalue weighted by atomic mass is 10.8. The molecule has 0 heterocycles. The number of hydrogen-bond donors (Lipinski definition) is 0. The van der Waals surface area contributed by atoms with Crippen LogP contribution in [0.5, 0.6) is 0 Å². The van der Waals surface area contributed by atoms with Crippen LogP contribution in [0, 0.1) is 0 Å². The lowest BCUT2D eigenvalue weighted by Gasteiger charge is -1.64. The fraction of sp³-hybridized carbons (Fsp3) is 0.333. The standard InChI is InChI=1S/C3H5.Al.2H/c1-3-2;;;/h1H2,2H3;;;. The summed E-state index contributed by atoms with van der Waals surface area (Å²) in [7, 11) is 0. The van der Waals surface area contributed by atoms with Gasteiger partial charge in [-0.25, -0.2) is 0 Å². The van der Waals surface area contributed by atoms with E-state index >= 15 is 0 Å². The molecule has 0 aromatic rings. The molecular formula is C3H7Al. The highest BCUT2D eigenvalue weighted by molar-refractivity contribution is 6.20. The summed E-state index contributed by atoms with van der Waals surface area (Å²) in [6.07, 6.45) is 0. The van der Waals surface area contributed by atoms with E-state index in [2.05, 4.69) is 6.58 Å². The van der Waals surface area contributed by atoms with Gasteiger partial charge in [0.05, 0.1) is 0 Å². The third kappa shape index (κ3) is 49.6. The Kier molecular flexibility index (Phi) is 1.69. The van der Waals surface area contributed by atoms with Crippen LogP contribution < -0.4 is 0 Å². The van der Waals surface area contributed by atoms with Crippen LogP contribution in [-0.4, -0.2) is 16.3 Å². The third-order valence-corrected chi connectivity index (χ3v) is 0. The average Bonchev–Trinajstić information content (AvgIpc) is 0.811. The third-order valence-electron chi connectivity index (χ3n) is 0. The zero-order chi connectivity index (χ0) is 3.58. The van der Waals surface area contributed by atoms with Gasteiger partial charge in [0.25, 0.3) is 16.3 Å². The Labute approximate surface area is 34.9 Å². The molecule has 0 spiro atoms. The monoisotopic (exact) mass is 70.0 g/mol. The number of rotatable bonds is 0. The van der Waals surface area contributed by atoms with Crippen LogP contribution in [0.3, 0.4) is 0 Å². The van der Waals surface area contributed by atoms with Gasteiger partial charge in [-0.3, -0.25) is 0 Å². The van der Waals surface area contributed by atoms with Gasteiger partial charge < -0.3 is 0 Å². The van der Waals surface area contributed by atoms with Crippen molar-refractivity contribution in [2.24, 2.45) is 0 Å². The molecule has 0 fully saturated rings. The van der Waals surface area contributed by atoms with E-state index in [4.69, 9.17) is 0 Å². The van der Waals surface area contributed by atoms with Gasteiger partial charge in [0.15, 0.2) is 0 Å². The molecular weight excluding hydrogens is 63.0 g/mol. The lowest BCUT2D eigenvalue weighted by Crippen LogP contribution is -1.56. The van der Waals surface area contributed by atoms with Crippen LogP contribution in [0.4, 0.5) is 0 Å². The SMILES string of the molecule is C=[C](C)[AlH2]. The molecule has 0 aliphatic heterocycles. The molecule has 0 amide bonds. The molecule has 0 aromatic heterocycles. The van der Waals surface area contributed by atoms with Crippen LogP contribution in [0.25, 0.3) is 0 Å². The van der Waals surface area contributed by atoms with E-state index < -0.39 is 0 Å². The summed E-state index contributed by atoms with van der Waals surface area (Å²) in [5, 5.41) is 0. The molecule has 0 saturated carbocycles. The Bertz CT molecular complexity index is 26.3. The van der Waals surface area contributed by atoms with Gasteiger partial charge in [0.2, 0.25) is 0 Å². The summed E-state index contributed by atoms with van der Waals surface area (Å²) in [5.41, 5.74) is 0. The molecule has 0 aliphatic rings. The fourth-order valence-electron chi connectivity index (χ4n) is 0. The molecule has 0 atom stereocenters. The highest BCUT2D eigenvalue weighted by atomic mass is 27.0. The zero-order valence-electron chi connectivity index (χ0n) is 3.21. The second kappa shape index (κ2) is 1.58. The largest absolute Gasteiger partial charge is 0.250 e. The Balaban J connectivity index is 2.80. The topological polar surface area (TPSA) is 0 Å². The minimum atomic E-state index is 1.15. The van der Waals surface area contributed by atoms with Gasteiger partial charge in [-0.15, -0.1) is 6.58 Å². The maximum Gasteiger partial charge on any atom is 0.250 e. The van der Waals surface area contributed by atoms with Gasteiger partial charge >= 0.3 is 0 Å². The summed E-state index contributed by atoms with van der Waals surface area (Å²) in [6.45, 7) is 5.65. The van der Waals surface area contributed by atoms with Crippen molar-refractivity contribution in [2.45, 2.75) is 6.92 Å². The molecule has 0 bridgehead atoms. The van der Waals surface area contributed by atoms with Crippen molar-refractivity contribution in [3.8, 4) is 0 Å². The first kappa shape index (κ1) is 4.27.